The number of piperidine rings is 2. The van der Waals surface area contributed by atoms with Gasteiger partial charge in [0.25, 0.3) is 0 Å². The average molecular weight is 365 g/mol. The van der Waals surface area contributed by atoms with E-state index in [-0.39, 0.29) is 30.3 Å². The zero-order valence-electron chi connectivity index (χ0n) is 15.6. The van der Waals surface area contributed by atoms with Gasteiger partial charge >= 0.3 is 12.0 Å². The van der Waals surface area contributed by atoms with Gasteiger partial charge in [0.05, 0.1) is 5.92 Å². The molecule has 0 bridgehead atoms. The third-order valence-corrected chi connectivity index (χ3v) is 6.02. The van der Waals surface area contributed by atoms with Crippen LogP contribution < -0.4 is 0 Å². The molecule has 0 aromatic heterocycles. The van der Waals surface area contributed by atoms with Gasteiger partial charge < -0.3 is 19.8 Å². The van der Waals surface area contributed by atoms with Gasteiger partial charge in [0.1, 0.15) is 0 Å². The number of hydrogen-bond donors (Lipinski definition) is 1. The van der Waals surface area contributed by atoms with E-state index in [0.717, 1.165) is 71.1 Å². The van der Waals surface area contributed by atoms with Gasteiger partial charge in [-0.1, -0.05) is 0 Å². The van der Waals surface area contributed by atoms with Crippen LogP contribution in [0.25, 0.3) is 0 Å². The summed E-state index contributed by atoms with van der Waals surface area (Å²) in [6.07, 6.45) is 7.40. The number of rotatable bonds is 4. The molecule has 3 fully saturated rings. The standard InChI is InChI=1S/C19H31N3O4/c23-17(24)9-8-16-7-1-2-13-22(16)18(25)15-6-5-12-21(14-15)19(26)20-10-3-4-11-20/h15-16H,1-14H2,(H,23,24). The van der Waals surface area contributed by atoms with Crippen LogP contribution in [0.2, 0.25) is 0 Å². The van der Waals surface area contributed by atoms with Crippen molar-refractivity contribution in [3.8, 4) is 0 Å². The summed E-state index contributed by atoms with van der Waals surface area (Å²) in [6, 6.07) is 0.123. The molecule has 0 saturated carbocycles. The van der Waals surface area contributed by atoms with Crippen molar-refractivity contribution in [3.63, 3.8) is 0 Å². The lowest BCUT2D eigenvalue weighted by atomic mass is 9.92. The van der Waals surface area contributed by atoms with Gasteiger partial charge in [-0.15, -0.1) is 0 Å². The lowest BCUT2D eigenvalue weighted by Gasteiger charge is -2.41. The number of likely N-dealkylation sites (tertiary alicyclic amines) is 3. The summed E-state index contributed by atoms with van der Waals surface area (Å²) in [7, 11) is 0. The Morgan fingerprint density at radius 3 is 2.27 bits per heavy atom. The van der Waals surface area contributed by atoms with Crippen LogP contribution >= 0.6 is 0 Å². The van der Waals surface area contributed by atoms with Crippen LogP contribution in [-0.4, -0.2) is 76.5 Å². The maximum atomic E-state index is 13.1. The Balaban J connectivity index is 1.59. The summed E-state index contributed by atoms with van der Waals surface area (Å²) in [5.74, 6) is -0.817. The van der Waals surface area contributed by atoms with Crippen molar-refractivity contribution in [2.24, 2.45) is 5.92 Å². The van der Waals surface area contributed by atoms with E-state index in [1.807, 2.05) is 14.7 Å². The van der Waals surface area contributed by atoms with Gasteiger partial charge in [0.2, 0.25) is 5.91 Å². The van der Waals surface area contributed by atoms with Gasteiger partial charge in [-0.2, -0.15) is 0 Å². The fraction of sp³-hybridized carbons (Fsp3) is 0.842. The Morgan fingerprint density at radius 2 is 1.54 bits per heavy atom. The molecule has 3 heterocycles. The van der Waals surface area contributed by atoms with E-state index < -0.39 is 5.97 Å². The molecule has 0 aromatic rings. The second-order valence-corrected chi connectivity index (χ2v) is 7.88. The lowest BCUT2D eigenvalue weighted by Crippen LogP contribution is -2.52. The predicted molar refractivity (Wildman–Crippen MR) is 96.7 cm³/mol. The number of nitrogens with zero attached hydrogens (tertiary/aromatic N) is 3. The normalized spacial score (nSPS) is 26.8. The summed E-state index contributed by atoms with van der Waals surface area (Å²) in [5, 5.41) is 8.97. The molecule has 1 N–H and O–H groups in total. The second kappa shape index (κ2) is 8.73. The number of carboxylic acid groups (broad SMARTS) is 1. The third-order valence-electron chi connectivity index (χ3n) is 6.02. The number of aliphatic carboxylic acids is 1. The highest BCUT2D eigenvalue weighted by molar-refractivity contribution is 5.81. The molecule has 0 radical (unpaired) electrons. The first kappa shape index (κ1) is 19.0. The van der Waals surface area contributed by atoms with E-state index in [9.17, 15) is 14.4 Å². The predicted octanol–water partition coefficient (Wildman–Crippen LogP) is 2.16. The van der Waals surface area contributed by atoms with E-state index >= 15 is 0 Å². The topological polar surface area (TPSA) is 81.2 Å². The number of carbonyl (C=O) groups excluding carboxylic acids is 2. The van der Waals surface area contributed by atoms with Crippen molar-refractivity contribution in [3.05, 3.63) is 0 Å². The van der Waals surface area contributed by atoms with Crippen molar-refractivity contribution in [2.75, 3.05) is 32.7 Å². The Bertz CT molecular complexity index is 533. The van der Waals surface area contributed by atoms with Gasteiger partial charge in [-0.3, -0.25) is 9.59 Å². The van der Waals surface area contributed by atoms with Crippen molar-refractivity contribution >= 4 is 17.9 Å². The van der Waals surface area contributed by atoms with E-state index in [4.69, 9.17) is 5.11 Å². The summed E-state index contributed by atoms with van der Waals surface area (Å²) >= 11 is 0. The number of carbonyl (C=O) groups is 3. The molecule has 3 aliphatic heterocycles. The Morgan fingerprint density at radius 1 is 0.846 bits per heavy atom. The molecular formula is C19H31N3O4. The largest absolute Gasteiger partial charge is 0.481 e. The monoisotopic (exact) mass is 365 g/mol. The molecular weight excluding hydrogens is 334 g/mol. The maximum Gasteiger partial charge on any atom is 0.320 e. The van der Waals surface area contributed by atoms with Crippen molar-refractivity contribution in [2.45, 2.75) is 63.8 Å². The van der Waals surface area contributed by atoms with Crippen LogP contribution in [0.1, 0.15) is 57.8 Å². The molecule has 3 rings (SSSR count). The maximum absolute atomic E-state index is 13.1. The average Bonchev–Trinajstić information content (AvgIpc) is 3.20. The summed E-state index contributed by atoms with van der Waals surface area (Å²) in [5.41, 5.74) is 0. The second-order valence-electron chi connectivity index (χ2n) is 7.88. The highest BCUT2D eigenvalue weighted by Crippen LogP contribution is 2.27. The number of hydrogen-bond acceptors (Lipinski definition) is 3. The molecule has 3 saturated heterocycles. The molecule has 0 spiro atoms. The molecule has 2 atom stereocenters. The Hall–Kier alpha value is -1.79. The highest BCUT2D eigenvalue weighted by atomic mass is 16.4. The van der Waals surface area contributed by atoms with Crippen molar-refractivity contribution < 1.29 is 19.5 Å². The molecule has 2 unspecified atom stereocenters. The minimum absolute atomic E-state index is 0.0389. The van der Waals surface area contributed by atoms with Gasteiger partial charge in [0, 0.05) is 45.2 Å². The van der Waals surface area contributed by atoms with E-state index in [0.29, 0.717) is 13.0 Å². The molecule has 3 amide bonds. The van der Waals surface area contributed by atoms with Crippen LogP contribution in [0, 0.1) is 5.92 Å². The summed E-state index contributed by atoms with van der Waals surface area (Å²) in [6.45, 7) is 3.63. The molecule has 0 aromatic carbocycles. The van der Waals surface area contributed by atoms with Crippen LogP contribution in [-0.2, 0) is 9.59 Å². The van der Waals surface area contributed by atoms with Gasteiger partial charge in [0.15, 0.2) is 0 Å². The molecule has 7 heteroatoms. The van der Waals surface area contributed by atoms with Crippen LogP contribution in [0.15, 0.2) is 0 Å². The quantitative estimate of drug-likeness (QED) is 0.828. The molecule has 7 nitrogen and oxygen atoms in total. The van der Waals surface area contributed by atoms with Crippen LogP contribution in [0.3, 0.4) is 0 Å². The first-order valence-corrected chi connectivity index (χ1v) is 10.1. The van der Waals surface area contributed by atoms with Gasteiger partial charge in [-0.05, 0) is 51.4 Å². The summed E-state index contributed by atoms with van der Waals surface area (Å²) < 4.78 is 0. The van der Waals surface area contributed by atoms with Crippen LogP contribution in [0.5, 0.6) is 0 Å². The highest BCUT2D eigenvalue weighted by Gasteiger charge is 2.36. The third kappa shape index (κ3) is 4.48. The molecule has 146 valence electrons. The zero-order valence-corrected chi connectivity index (χ0v) is 15.6. The Labute approximate surface area is 155 Å². The first-order valence-electron chi connectivity index (χ1n) is 10.1. The minimum Gasteiger partial charge on any atom is -0.481 e. The molecule has 3 aliphatic rings. The summed E-state index contributed by atoms with van der Waals surface area (Å²) in [4.78, 5) is 42.4. The lowest BCUT2D eigenvalue weighted by molar-refractivity contribution is -0.143. The van der Waals surface area contributed by atoms with Gasteiger partial charge in [-0.25, -0.2) is 4.79 Å². The molecule has 26 heavy (non-hydrogen) atoms. The van der Waals surface area contributed by atoms with Crippen molar-refractivity contribution in [1.29, 1.82) is 0 Å². The first-order chi connectivity index (χ1) is 12.6. The van der Waals surface area contributed by atoms with Crippen LogP contribution in [0.4, 0.5) is 4.79 Å². The van der Waals surface area contributed by atoms with Crippen molar-refractivity contribution in [1.82, 2.24) is 14.7 Å². The van der Waals surface area contributed by atoms with E-state index in [1.165, 1.54) is 0 Å². The minimum atomic E-state index is -0.803. The fourth-order valence-corrected chi connectivity index (χ4v) is 4.58. The number of carboxylic acids is 1. The number of amides is 3. The fourth-order valence-electron chi connectivity index (χ4n) is 4.58. The Kier molecular flexibility index (Phi) is 6.38. The smallest absolute Gasteiger partial charge is 0.320 e. The van der Waals surface area contributed by atoms with E-state index in [2.05, 4.69) is 0 Å². The SMILES string of the molecule is O=C(O)CCC1CCCCN1C(=O)C1CCCN(C(=O)N2CCCC2)C1. The van der Waals surface area contributed by atoms with E-state index in [1.54, 1.807) is 0 Å². The number of urea groups is 1. The molecule has 0 aliphatic carbocycles. The zero-order chi connectivity index (χ0) is 18.5.